The largest absolute Gasteiger partial charge is 0.483 e. The maximum absolute atomic E-state index is 11.1. The molecule has 0 atom stereocenters. The number of anilines is 2. The molecule has 4 rings (SSSR count). The van der Waals surface area contributed by atoms with Gasteiger partial charge in [-0.2, -0.15) is 0 Å². The number of hydrogen-bond donors (Lipinski definition) is 1. The van der Waals surface area contributed by atoms with Crippen LogP contribution in [0.5, 0.6) is 5.75 Å². The van der Waals surface area contributed by atoms with Crippen molar-refractivity contribution in [3.63, 3.8) is 0 Å². The molecule has 7 heteroatoms. The average molecular weight is 443 g/mol. The molecule has 0 aromatic heterocycles. The third-order valence-electron chi connectivity index (χ3n) is 5.29. The summed E-state index contributed by atoms with van der Waals surface area (Å²) in [6.45, 7) is 8.02. The lowest BCUT2D eigenvalue weighted by molar-refractivity contribution is -0.384. The number of nitro benzene ring substituents is 1. The van der Waals surface area contributed by atoms with Crippen LogP contribution < -0.4 is 15.4 Å². The van der Waals surface area contributed by atoms with Crippen molar-refractivity contribution in [1.82, 2.24) is 0 Å². The van der Waals surface area contributed by atoms with E-state index in [9.17, 15) is 10.1 Å². The summed E-state index contributed by atoms with van der Waals surface area (Å²) in [6, 6.07) is 18.0. The minimum absolute atomic E-state index is 0.0130. The number of benzene rings is 3. The summed E-state index contributed by atoms with van der Waals surface area (Å²) >= 11 is 0. The minimum Gasteiger partial charge on any atom is -0.483 e. The lowest BCUT2D eigenvalue weighted by Crippen LogP contribution is -2.33. The second-order valence-electron chi connectivity index (χ2n) is 8.69. The number of nitrogens with two attached hydrogens (primary N) is 1. The lowest BCUT2D eigenvalue weighted by atomic mass is 10.0. The highest BCUT2D eigenvalue weighted by Gasteiger charge is 2.22. The molecule has 1 heterocycles. The van der Waals surface area contributed by atoms with Gasteiger partial charge in [0.05, 0.1) is 10.6 Å². The van der Waals surface area contributed by atoms with E-state index in [1.807, 2.05) is 70.2 Å². The van der Waals surface area contributed by atoms with Gasteiger partial charge in [-0.1, -0.05) is 12.1 Å². The Labute approximate surface area is 193 Å². The number of aryl methyl sites for hydroxylation is 2. The van der Waals surface area contributed by atoms with Crippen molar-refractivity contribution in [1.29, 1.82) is 0 Å². The third kappa shape index (κ3) is 4.87. The first-order chi connectivity index (χ1) is 15.6. The van der Waals surface area contributed by atoms with E-state index in [1.165, 1.54) is 12.1 Å². The highest BCUT2D eigenvalue weighted by Crippen LogP contribution is 2.34. The summed E-state index contributed by atoms with van der Waals surface area (Å²) in [5.41, 5.74) is 11.4. The number of hydrogen-bond acceptors (Lipinski definition) is 4. The van der Waals surface area contributed by atoms with Crippen molar-refractivity contribution in [3.8, 4) is 5.75 Å². The van der Waals surface area contributed by atoms with Crippen molar-refractivity contribution >= 4 is 34.8 Å². The molecule has 1 aliphatic rings. The van der Waals surface area contributed by atoms with Gasteiger partial charge < -0.3 is 10.5 Å². The fourth-order valence-electron chi connectivity index (χ4n) is 3.84. The summed E-state index contributed by atoms with van der Waals surface area (Å²) in [4.78, 5) is 17.1. The molecule has 2 N–H and O–H groups in total. The first-order valence-electron chi connectivity index (χ1n) is 10.6. The van der Waals surface area contributed by atoms with Gasteiger partial charge in [-0.15, -0.1) is 0 Å². The molecule has 0 fully saturated rings. The van der Waals surface area contributed by atoms with Gasteiger partial charge in [-0.05, 0) is 87.4 Å². The molecular weight excluding hydrogens is 416 g/mol. The molecule has 3 aromatic carbocycles. The van der Waals surface area contributed by atoms with E-state index in [-0.39, 0.29) is 17.2 Å². The Morgan fingerprint density at radius 3 is 2.30 bits per heavy atom. The predicted molar refractivity (Wildman–Crippen MR) is 133 cm³/mol. The maximum atomic E-state index is 11.1. The standard InChI is InChI=1S/C26H26N4O3/c1-17-13-18(2)15-23(14-17)29(21-6-8-22(9-7-21)30(31)32)25(27)28-20-5-10-24-19(16-20)11-12-26(3,4)33-24/h5-16H,1-4H3,(H2,27,28). The summed E-state index contributed by atoms with van der Waals surface area (Å²) in [7, 11) is 0. The summed E-state index contributed by atoms with van der Waals surface area (Å²) in [5.74, 6) is 1.04. The molecule has 0 saturated heterocycles. The number of ether oxygens (including phenoxy) is 1. The van der Waals surface area contributed by atoms with E-state index in [4.69, 9.17) is 10.5 Å². The van der Waals surface area contributed by atoms with Crippen LogP contribution in [0.3, 0.4) is 0 Å². The van der Waals surface area contributed by atoms with Crippen LogP contribution in [0.4, 0.5) is 22.7 Å². The Bertz CT molecular complexity index is 1260. The highest BCUT2D eigenvalue weighted by molar-refractivity contribution is 6.03. The zero-order valence-corrected chi connectivity index (χ0v) is 19.1. The number of rotatable bonds is 4. The molecule has 0 bridgehead atoms. The maximum Gasteiger partial charge on any atom is 0.269 e. The van der Waals surface area contributed by atoms with Gasteiger partial charge in [0.1, 0.15) is 11.4 Å². The van der Waals surface area contributed by atoms with E-state index >= 15 is 0 Å². The van der Waals surface area contributed by atoms with Gasteiger partial charge in [0.2, 0.25) is 5.96 Å². The minimum atomic E-state index is -0.424. The molecule has 0 amide bonds. The van der Waals surface area contributed by atoms with Crippen LogP contribution in [0.1, 0.15) is 30.5 Å². The van der Waals surface area contributed by atoms with E-state index in [0.29, 0.717) is 11.4 Å². The second kappa shape index (κ2) is 8.43. The van der Waals surface area contributed by atoms with Crippen molar-refractivity contribution in [2.24, 2.45) is 10.7 Å². The van der Waals surface area contributed by atoms with Crippen LogP contribution >= 0.6 is 0 Å². The first-order valence-corrected chi connectivity index (χ1v) is 10.6. The van der Waals surface area contributed by atoms with E-state index < -0.39 is 4.92 Å². The molecular formula is C26H26N4O3. The summed E-state index contributed by atoms with van der Waals surface area (Å²) in [6.07, 6.45) is 4.02. The predicted octanol–water partition coefficient (Wildman–Crippen LogP) is 6.18. The van der Waals surface area contributed by atoms with Crippen molar-refractivity contribution in [3.05, 3.63) is 93.5 Å². The Hall–Kier alpha value is -4.13. The first kappa shape index (κ1) is 22.1. The quantitative estimate of drug-likeness (QED) is 0.225. The molecule has 168 valence electrons. The van der Waals surface area contributed by atoms with Crippen LogP contribution in [0, 0.1) is 24.0 Å². The van der Waals surface area contributed by atoms with E-state index in [1.54, 1.807) is 17.0 Å². The van der Waals surface area contributed by atoms with E-state index in [2.05, 4.69) is 11.1 Å². The van der Waals surface area contributed by atoms with Crippen LogP contribution in [0.25, 0.3) is 6.08 Å². The Kier molecular flexibility index (Phi) is 5.64. The monoisotopic (exact) mass is 442 g/mol. The molecule has 3 aromatic rings. The van der Waals surface area contributed by atoms with Gasteiger partial charge in [0, 0.05) is 29.1 Å². The van der Waals surface area contributed by atoms with Crippen molar-refractivity contribution < 1.29 is 9.66 Å². The molecule has 1 aliphatic heterocycles. The van der Waals surface area contributed by atoms with Gasteiger partial charge in [0.25, 0.3) is 5.69 Å². The topological polar surface area (TPSA) is 94.0 Å². The third-order valence-corrected chi connectivity index (χ3v) is 5.29. The van der Waals surface area contributed by atoms with Crippen LogP contribution in [0.2, 0.25) is 0 Å². The highest BCUT2D eigenvalue weighted by atomic mass is 16.6. The fourth-order valence-corrected chi connectivity index (χ4v) is 3.84. The number of guanidine groups is 1. The molecule has 33 heavy (non-hydrogen) atoms. The zero-order chi connectivity index (χ0) is 23.8. The molecule has 0 unspecified atom stereocenters. The number of fused-ring (bicyclic) bond motifs is 1. The van der Waals surface area contributed by atoms with Gasteiger partial charge in [-0.3, -0.25) is 15.0 Å². The molecule has 0 radical (unpaired) electrons. The smallest absolute Gasteiger partial charge is 0.269 e. The number of nitrogens with zero attached hydrogens (tertiary/aromatic N) is 3. The van der Waals surface area contributed by atoms with Gasteiger partial charge in [-0.25, -0.2) is 4.99 Å². The van der Waals surface area contributed by atoms with Gasteiger partial charge in [0.15, 0.2) is 0 Å². The Balaban J connectivity index is 1.77. The normalized spacial score (nSPS) is 14.4. The average Bonchev–Trinajstić information content (AvgIpc) is 2.73. The van der Waals surface area contributed by atoms with Crippen molar-refractivity contribution in [2.45, 2.75) is 33.3 Å². The Morgan fingerprint density at radius 2 is 1.67 bits per heavy atom. The second-order valence-corrected chi connectivity index (χ2v) is 8.69. The molecule has 0 saturated carbocycles. The fraction of sp³-hybridized carbons (Fsp3) is 0.192. The Morgan fingerprint density at radius 1 is 1.00 bits per heavy atom. The van der Waals surface area contributed by atoms with E-state index in [0.717, 1.165) is 28.1 Å². The van der Waals surface area contributed by atoms with Crippen LogP contribution in [0.15, 0.2) is 71.7 Å². The van der Waals surface area contributed by atoms with Crippen molar-refractivity contribution in [2.75, 3.05) is 4.90 Å². The summed E-state index contributed by atoms with van der Waals surface area (Å²) < 4.78 is 5.99. The zero-order valence-electron chi connectivity index (χ0n) is 19.1. The number of nitro groups is 1. The van der Waals surface area contributed by atoms with Crippen LogP contribution in [-0.4, -0.2) is 16.5 Å². The van der Waals surface area contributed by atoms with Crippen LogP contribution in [-0.2, 0) is 0 Å². The number of non-ortho nitro benzene ring substituents is 1. The number of aliphatic imine (C=N–C) groups is 1. The summed E-state index contributed by atoms with van der Waals surface area (Å²) in [5, 5.41) is 11.1. The molecule has 0 spiro atoms. The molecule has 0 aliphatic carbocycles. The lowest BCUT2D eigenvalue weighted by Gasteiger charge is -2.28. The molecule has 7 nitrogen and oxygen atoms in total. The SMILES string of the molecule is Cc1cc(C)cc(N(C(N)=Nc2ccc3c(c2)C=CC(C)(C)O3)c2ccc([N+](=O)[O-])cc2)c1. The van der Waals surface area contributed by atoms with Gasteiger partial charge >= 0.3 is 0 Å².